The molecule has 2 rings (SSSR count). The second-order valence-electron chi connectivity index (χ2n) is 4.65. The number of para-hydroxylation sites is 1. The van der Waals surface area contributed by atoms with Gasteiger partial charge in [-0.15, -0.1) is 0 Å². The summed E-state index contributed by atoms with van der Waals surface area (Å²) in [5.74, 6) is 0.217. The molecule has 2 aromatic rings. The number of carbonyl (C=O) groups is 1. The molecule has 2 aromatic carbocycles. The third kappa shape index (κ3) is 3.15. The molecule has 4 heteroatoms. The van der Waals surface area contributed by atoms with Crippen LogP contribution >= 0.6 is 0 Å². The number of anilines is 1. The van der Waals surface area contributed by atoms with Gasteiger partial charge in [0.2, 0.25) is 5.91 Å². The van der Waals surface area contributed by atoms with Crippen molar-refractivity contribution >= 4 is 11.6 Å². The summed E-state index contributed by atoms with van der Waals surface area (Å²) in [5, 5.41) is 2.75. The Kier molecular flexibility index (Phi) is 4.03. The first-order chi connectivity index (χ1) is 9.47. The fraction of sp³-hybridized carbons (Fsp3) is 0.188. The Morgan fingerprint density at radius 2 is 1.80 bits per heavy atom. The summed E-state index contributed by atoms with van der Waals surface area (Å²) in [6.07, 6.45) is 0. The Balaban J connectivity index is 2.32. The Bertz CT molecular complexity index is 653. The Morgan fingerprint density at radius 3 is 2.45 bits per heavy atom. The van der Waals surface area contributed by atoms with Crippen molar-refractivity contribution in [1.29, 1.82) is 0 Å². The van der Waals surface area contributed by atoms with E-state index in [9.17, 15) is 9.18 Å². The molecule has 0 bridgehead atoms. The number of benzene rings is 2. The molecular weight excluding hydrogens is 257 g/mol. The summed E-state index contributed by atoms with van der Waals surface area (Å²) in [7, 11) is 0. The van der Waals surface area contributed by atoms with E-state index in [1.165, 1.54) is 13.0 Å². The predicted octanol–water partition coefficient (Wildman–Crippen LogP) is 4.19. The van der Waals surface area contributed by atoms with Gasteiger partial charge < -0.3 is 10.1 Å². The summed E-state index contributed by atoms with van der Waals surface area (Å²) in [6.45, 7) is 5.17. The molecule has 104 valence electrons. The van der Waals surface area contributed by atoms with Gasteiger partial charge in [-0.25, -0.2) is 4.39 Å². The number of halogens is 1. The summed E-state index contributed by atoms with van der Waals surface area (Å²) >= 11 is 0. The molecule has 0 spiro atoms. The molecule has 0 aliphatic heterocycles. The standard InChI is InChI=1S/C16H16FNO2/c1-10-9-16(11(2)8-14(10)18-12(3)19)20-15-7-5-4-6-13(15)17/h4-9H,1-3H3,(H,18,19). The molecule has 0 heterocycles. The van der Waals surface area contributed by atoms with Gasteiger partial charge in [0.15, 0.2) is 11.6 Å². The molecule has 1 amide bonds. The van der Waals surface area contributed by atoms with Crippen LogP contribution in [0.25, 0.3) is 0 Å². The lowest BCUT2D eigenvalue weighted by Gasteiger charge is -2.13. The maximum Gasteiger partial charge on any atom is 0.221 e. The van der Waals surface area contributed by atoms with Crippen LogP contribution in [0.4, 0.5) is 10.1 Å². The van der Waals surface area contributed by atoms with E-state index >= 15 is 0 Å². The maximum atomic E-state index is 13.6. The number of nitrogens with one attached hydrogen (secondary N) is 1. The molecule has 3 nitrogen and oxygen atoms in total. The number of rotatable bonds is 3. The van der Waals surface area contributed by atoms with Crippen LogP contribution in [0.3, 0.4) is 0 Å². The van der Waals surface area contributed by atoms with Crippen LogP contribution < -0.4 is 10.1 Å². The van der Waals surface area contributed by atoms with Crippen LogP contribution in [0, 0.1) is 19.7 Å². The molecule has 0 unspecified atom stereocenters. The highest BCUT2D eigenvalue weighted by Crippen LogP contribution is 2.31. The number of aryl methyl sites for hydroxylation is 2. The number of hydrogen-bond acceptors (Lipinski definition) is 2. The normalized spacial score (nSPS) is 10.2. The van der Waals surface area contributed by atoms with Gasteiger partial charge in [-0.05, 0) is 49.2 Å². The molecule has 0 saturated carbocycles. The van der Waals surface area contributed by atoms with E-state index in [1.807, 2.05) is 19.9 Å². The molecule has 1 N–H and O–H groups in total. The van der Waals surface area contributed by atoms with Crippen LogP contribution in [0.5, 0.6) is 11.5 Å². The van der Waals surface area contributed by atoms with Crippen molar-refractivity contribution < 1.29 is 13.9 Å². The lowest BCUT2D eigenvalue weighted by Crippen LogP contribution is -2.07. The van der Waals surface area contributed by atoms with E-state index in [2.05, 4.69) is 5.32 Å². The van der Waals surface area contributed by atoms with E-state index in [0.29, 0.717) is 5.75 Å². The summed E-state index contributed by atoms with van der Waals surface area (Å²) in [6, 6.07) is 9.85. The molecule has 20 heavy (non-hydrogen) atoms. The highest BCUT2D eigenvalue weighted by Gasteiger charge is 2.09. The van der Waals surface area contributed by atoms with Crippen LogP contribution in [-0.4, -0.2) is 5.91 Å². The number of hydrogen-bond donors (Lipinski definition) is 1. The second kappa shape index (κ2) is 5.74. The van der Waals surface area contributed by atoms with E-state index in [1.54, 1.807) is 24.3 Å². The summed E-state index contributed by atoms with van der Waals surface area (Å²) in [4.78, 5) is 11.1. The third-order valence-electron chi connectivity index (χ3n) is 2.89. The topological polar surface area (TPSA) is 38.3 Å². The van der Waals surface area contributed by atoms with Gasteiger partial charge in [-0.3, -0.25) is 4.79 Å². The number of ether oxygens (including phenoxy) is 1. The molecule has 0 saturated heterocycles. The van der Waals surface area contributed by atoms with Gasteiger partial charge in [0.05, 0.1) is 0 Å². The first-order valence-corrected chi connectivity index (χ1v) is 6.28. The van der Waals surface area contributed by atoms with Crippen molar-refractivity contribution in [2.24, 2.45) is 0 Å². The maximum absolute atomic E-state index is 13.6. The monoisotopic (exact) mass is 273 g/mol. The van der Waals surface area contributed by atoms with Crippen molar-refractivity contribution in [2.75, 3.05) is 5.32 Å². The number of amides is 1. The summed E-state index contributed by atoms with van der Waals surface area (Å²) in [5.41, 5.74) is 2.41. The van der Waals surface area contributed by atoms with E-state index in [-0.39, 0.29) is 11.7 Å². The van der Waals surface area contributed by atoms with Crippen molar-refractivity contribution in [1.82, 2.24) is 0 Å². The Morgan fingerprint density at radius 1 is 1.10 bits per heavy atom. The van der Waals surface area contributed by atoms with Gasteiger partial charge in [0.25, 0.3) is 0 Å². The van der Waals surface area contributed by atoms with Crippen LogP contribution in [0.1, 0.15) is 18.1 Å². The quantitative estimate of drug-likeness (QED) is 0.910. The van der Waals surface area contributed by atoms with Crippen molar-refractivity contribution in [3.63, 3.8) is 0 Å². The van der Waals surface area contributed by atoms with Crippen LogP contribution in [0.2, 0.25) is 0 Å². The number of carbonyl (C=O) groups excluding carboxylic acids is 1. The predicted molar refractivity (Wildman–Crippen MR) is 76.7 cm³/mol. The molecule has 0 atom stereocenters. The first kappa shape index (κ1) is 14.1. The van der Waals surface area contributed by atoms with Gasteiger partial charge >= 0.3 is 0 Å². The molecular formula is C16H16FNO2. The van der Waals surface area contributed by atoms with E-state index in [0.717, 1.165) is 16.8 Å². The molecule has 0 radical (unpaired) electrons. The minimum Gasteiger partial charge on any atom is -0.454 e. The third-order valence-corrected chi connectivity index (χ3v) is 2.89. The highest BCUT2D eigenvalue weighted by atomic mass is 19.1. The van der Waals surface area contributed by atoms with Crippen molar-refractivity contribution in [3.05, 3.63) is 53.3 Å². The zero-order valence-corrected chi connectivity index (χ0v) is 11.7. The lowest BCUT2D eigenvalue weighted by molar-refractivity contribution is -0.114. The summed E-state index contributed by atoms with van der Waals surface area (Å²) < 4.78 is 19.2. The largest absolute Gasteiger partial charge is 0.454 e. The van der Waals surface area contributed by atoms with Crippen molar-refractivity contribution in [2.45, 2.75) is 20.8 Å². The van der Waals surface area contributed by atoms with Gasteiger partial charge in [0.1, 0.15) is 5.75 Å². The van der Waals surface area contributed by atoms with Crippen LogP contribution in [-0.2, 0) is 4.79 Å². The minimum atomic E-state index is -0.407. The Hall–Kier alpha value is -2.36. The van der Waals surface area contributed by atoms with Crippen LogP contribution in [0.15, 0.2) is 36.4 Å². The molecule has 0 aromatic heterocycles. The molecule has 0 aliphatic rings. The highest BCUT2D eigenvalue weighted by molar-refractivity contribution is 5.89. The smallest absolute Gasteiger partial charge is 0.221 e. The van der Waals surface area contributed by atoms with Crippen molar-refractivity contribution in [3.8, 4) is 11.5 Å². The Labute approximate surface area is 117 Å². The van der Waals surface area contributed by atoms with E-state index in [4.69, 9.17) is 4.74 Å². The zero-order chi connectivity index (χ0) is 14.7. The fourth-order valence-corrected chi connectivity index (χ4v) is 1.87. The zero-order valence-electron chi connectivity index (χ0n) is 11.7. The van der Waals surface area contributed by atoms with Gasteiger partial charge in [-0.2, -0.15) is 0 Å². The van der Waals surface area contributed by atoms with Gasteiger partial charge in [0, 0.05) is 12.6 Å². The SMILES string of the molecule is CC(=O)Nc1cc(C)c(Oc2ccccc2F)cc1C. The second-order valence-corrected chi connectivity index (χ2v) is 4.65. The van der Waals surface area contributed by atoms with E-state index < -0.39 is 5.82 Å². The first-order valence-electron chi connectivity index (χ1n) is 6.28. The molecule has 0 fully saturated rings. The average Bonchev–Trinajstić information content (AvgIpc) is 2.37. The average molecular weight is 273 g/mol. The fourth-order valence-electron chi connectivity index (χ4n) is 1.87. The lowest BCUT2D eigenvalue weighted by atomic mass is 10.1. The minimum absolute atomic E-state index is 0.129. The van der Waals surface area contributed by atoms with Gasteiger partial charge in [-0.1, -0.05) is 12.1 Å². The molecule has 0 aliphatic carbocycles.